The lowest BCUT2D eigenvalue weighted by atomic mass is 9.94. The van der Waals surface area contributed by atoms with Crippen LogP contribution in [0, 0.1) is 0 Å². The molecule has 0 spiro atoms. The van der Waals surface area contributed by atoms with Crippen LogP contribution in [0.4, 0.5) is 4.79 Å². The van der Waals surface area contributed by atoms with Crippen molar-refractivity contribution in [1.29, 1.82) is 0 Å². The average molecular weight is 371 g/mol. The van der Waals surface area contributed by atoms with Gasteiger partial charge < -0.3 is 15.0 Å². The third kappa shape index (κ3) is 4.28. The Morgan fingerprint density at radius 1 is 1.19 bits per heavy atom. The van der Waals surface area contributed by atoms with Gasteiger partial charge in [0, 0.05) is 22.7 Å². The number of fused-ring (bicyclic) bond motifs is 1. The maximum atomic E-state index is 12.1. The molecule has 26 heavy (non-hydrogen) atoms. The van der Waals surface area contributed by atoms with Crippen molar-refractivity contribution < 1.29 is 9.53 Å². The van der Waals surface area contributed by atoms with Crippen LogP contribution in [0.3, 0.4) is 0 Å². The highest BCUT2D eigenvalue weighted by atomic mass is 32.1. The van der Waals surface area contributed by atoms with E-state index in [2.05, 4.69) is 45.3 Å². The van der Waals surface area contributed by atoms with E-state index in [9.17, 15) is 4.79 Å². The molecule has 2 heterocycles. The van der Waals surface area contributed by atoms with Crippen molar-refractivity contribution in [3.05, 3.63) is 46.8 Å². The van der Waals surface area contributed by atoms with E-state index in [1.54, 1.807) is 11.3 Å². The smallest absolute Gasteiger partial charge is 0.408 e. The van der Waals surface area contributed by atoms with Gasteiger partial charge in [-0.05, 0) is 69.0 Å². The lowest BCUT2D eigenvalue weighted by Gasteiger charge is -2.28. The molecular formula is C21H26N2O2S. The van der Waals surface area contributed by atoms with E-state index in [0.717, 1.165) is 5.52 Å². The number of aromatic nitrogens is 1. The highest BCUT2D eigenvalue weighted by Gasteiger charge is 2.26. The van der Waals surface area contributed by atoms with E-state index in [0.29, 0.717) is 6.42 Å². The molecule has 0 aliphatic carbocycles. The van der Waals surface area contributed by atoms with Gasteiger partial charge in [0.05, 0.1) is 5.52 Å². The Kier molecular flexibility index (Phi) is 4.84. The molecule has 1 amide bonds. The lowest BCUT2D eigenvalue weighted by Crippen LogP contribution is -2.47. The van der Waals surface area contributed by atoms with Gasteiger partial charge in [0.1, 0.15) is 5.60 Å². The van der Waals surface area contributed by atoms with Crippen LogP contribution in [0.5, 0.6) is 0 Å². The summed E-state index contributed by atoms with van der Waals surface area (Å²) in [5, 5.41) is 8.42. The van der Waals surface area contributed by atoms with Crippen LogP contribution >= 0.6 is 11.3 Å². The topological polar surface area (TPSA) is 54.1 Å². The van der Waals surface area contributed by atoms with Crippen LogP contribution in [0.1, 0.15) is 40.2 Å². The number of carbonyl (C=O) groups excluding carboxylic acids is 1. The molecule has 2 N–H and O–H groups in total. The number of thiophene rings is 1. The molecule has 0 saturated heterocycles. The molecule has 0 aliphatic heterocycles. The highest BCUT2D eigenvalue weighted by Crippen LogP contribution is 2.32. The number of para-hydroxylation sites is 1. The molecular weight excluding hydrogens is 344 g/mol. The average Bonchev–Trinajstić information content (AvgIpc) is 3.14. The van der Waals surface area contributed by atoms with Gasteiger partial charge in [-0.3, -0.25) is 0 Å². The molecule has 138 valence electrons. The zero-order chi connectivity index (χ0) is 18.9. The van der Waals surface area contributed by atoms with Gasteiger partial charge in [-0.1, -0.05) is 18.2 Å². The second-order valence-electron chi connectivity index (χ2n) is 8.24. The third-order valence-electron chi connectivity index (χ3n) is 4.11. The van der Waals surface area contributed by atoms with Gasteiger partial charge in [-0.25, -0.2) is 4.79 Å². The van der Waals surface area contributed by atoms with Crippen LogP contribution in [0.15, 0.2) is 41.2 Å². The van der Waals surface area contributed by atoms with Crippen molar-refractivity contribution >= 4 is 28.3 Å². The molecule has 5 heteroatoms. The van der Waals surface area contributed by atoms with Crippen molar-refractivity contribution in [3.63, 3.8) is 0 Å². The van der Waals surface area contributed by atoms with E-state index < -0.39 is 11.1 Å². The first-order valence-corrected chi connectivity index (χ1v) is 9.72. The number of carbonyl (C=O) groups is 1. The zero-order valence-corrected chi connectivity index (χ0v) is 16.8. The molecule has 0 atom stereocenters. The second kappa shape index (κ2) is 6.80. The van der Waals surface area contributed by atoms with Crippen molar-refractivity contribution in [2.75, 3.05) is 0 Å². The van der Waals surface area contributed by atoms with Crippen LogP contribution < -0.4 is 5.32 Å². The first-order valence-electron chi connectivity index (χ1n) is 8.77. The number of hydrogen-bond acceptors (Lipinski definition) is 3. The summed E-state index contributed by atoms with van der Waals surface area (Å²) in [5.74, 6) is 0. The van der Waals surface area contributed by atoms with Gasteiger partial charge in [-0.2, -0.15) is 11.3 Å². The van der Waals surface area contributed by atoms with Gasteiger partial charge in [0.25, 0.3) is 0 Å². The molecule has 1 aromatic carbocycles. The number of alkyl carbamates (subject to hydrolysis) is 1. The van der Waals surface area contributed by atoms with E-state index in [-0.39, 0.29) is 6.09 Å². The lowest BCUT2D eigenvalue weighted by molar-refractivity contribution is 0.0472. The Labute approximate surface area is 158 Å². The minimum atomic E-state index is -0.504. The number of aromatic amines is 1. The Balaban J connectivity index is 1.83. The van der Waals surface area contributed by atoms with E-state index in [4.69, 9.17) is 4.74 Å². The number of rotatable bonds is 4. The number of hydrogen-bond donors (Lipinski definition) is 2. The van der Waals surface area contributed by atoms with Crippen molar-refractivity contribution in [3.8, 4) is 11.1 Å². The van der Waals surface area contributed by atoms with Gasteiger partial charge in [0.15, 0.2) is 0 Å². The van der Waals surface area contributed by atoms with E-state index in [1.807, 2.05) is 40.8 Å². The monoisotopic (exact) mass is 370 g/mol. The maximum absolute atomic E-state index is 12.1. The zero-order valence-electron chi connectivity index (χ0n) is 16.0. The van der Waals surface area contributed by atoms with Crippen LogP contribution in [0.2, 0.25) is 0 Å². The quantitative estimate of drug-likeness (QED) is 0.615. The van der Waals surface area contributed by atoms with Gasteiger partial charge in [-0.15, -0.1) is 0 Å². The Morgan fingerprint density at radius 2 is 1.96 bits per heavy atom. The van der Waals surface area contributed by atoms with Crippen molar-refractivity contribution in [2.24, 2.45) is 0 Å². The Hall–Kier alpha value is -2.27. The van der Waals surface area contributed by atoms with Gasteiger partial charge >= 0.3 is 6.09 Å². The number of benzene rings is 1. The summed E-state index contributed by atoms with van der Waals surface area (Å²) in [5.41, 5.74) is 3.81. The minimum Gasteiger partial charge on any atom is -0.444 e. The fourth-order valence-corrected chi connectivity index (χ4v) is 3.77. The Morgan fingerprint density at radius 3 is 2.62 bits per heavy atom. The molecule has 0 unspecified atom stereocenters. The second-order valence-corrected chi connectivity index (χ2v) is 9.02. The summed E-state index contributed by atoms with van der Waals surface area (Å²) in [4.78, 5) is 15.6. The number of ether oxygens (including phenoxy) is 1. The maximum Gasteiger partial charge on any atom is 0.408 e. The normalized spacial score (nSPS) is 12.3. The highest BCUT2D eigenvalue weighted by molar-refractivity contribution is 7.08. The first kappa shape index (κ1) is 18.5. The molecule has 3 rings (SSSR count). The summed E-state index contributed by atoms with van der Waals surface area (Å²) < 4.78 is 5.39. The summed E-state index contributed by atoms with van der Waals surface area (Å²) in [6.45, 7) is 9.62. The first-order chi connectivity index (χ1) is 12.1. The molecule has 4 nitrogen and oxygen atoms in total. The largest absolute Gasteiger partial charge is 0.444 e. The number of nitrogens with one attached hydrogen (secondary N) is 2. The third-order valence-corrected chi connectivity index (χ3v) is 4.79. The standard InChI is InChI=1S/C21H26N2O2S/c1-20(2,3)25-19(24)23-21(4,5)11-15-12-22-18-16(7-6-8-17(15)18)14-9-10-26-13-14/h6-10,12-13,22H,11H2,1-5H3,(H,23,24). The molecule has 0 bridgehead atoms. The molecule has 2 aromatic heterocycles. The van der Waals surface area contributed by atoms with Crippen LogP contribution in [0.25, 0.3) is 22.0 Å². The van der Waals surface area contributed by atoms with Crippen LogP contribution in [-0.2, 0) is 11.2 Å². The van der Waals surface area contributed by atoms with E-state index >= 15 is 0 Å². The Bertz CT molecular complexity index is 902. The van der Waals surface area contributed by atoms with Crippen molar-refractivity contribution in [2.45, 2.75) is 52.2 Å². The molecule has 0 radical (unpaired) electrons. The SMILES string of the molecule is CC(C)(Cc1c[nH]c2c(-c3ccsc3)cccc12)NC(=O)OC(C)(C)C. The summed E-state index contributed by atoms with van der Waals surface area (Å²) >= 11 is 1.70. The van der Waals surface area contributed by atoms with Gasteiger partial charge in [0.2, 0.25) is 0 Å². The predicted octanol–water partition coefficient (Wildman–Crippen LogP) is 5.74. The molecule has 0 fully saturated rings. The molecule has 0 aliphatic rings. The van der Waals surface area contributed by atoms with Crippen molar-refractivity contribution in [1.82, 2.24) is 10.3 Å². The predicted molar refractivity (Wildman–Crippen MR) is 109 cm³/mol. The fourth-order valence-electron chi connectivity index (χ4n) is 3.12. The summed E-state index contributed by atoms with van der Waals surface area (Å²) in [6.07, 6.45) is 2.36. The molecule has 3 aromatic rings. The number of amides is 1. The fraction of sp³-hybridized carbons (Fsp3) is 0.381. The summed E-state index contributed by atoms with van der Waals surface area (Å²) in [7, 11) is 0. The minimum absolute atomic E-state index is 0.388. The molecule has 0 saturated carbocycles. The number of H-pyrrole nitrogens is 1. The summed E-state index contributed by atoms with van der Waals surface area (Å²) in [6, 6.07) is 8.48. The van der Waals surface area contributed by atoms with Crippen LogP contribution in [-0.4, -0.2) is 22.2 Å². The van der Waals surface area contributed by atoms with E-state index in [1.165, 1.54) is 22.1 Å².